The summed E-state index contributed by atoms with van der Waals surface area (Å²) >= 11 is 6.23. The van der Waals surface area contributed by atoms with E-state index in [-0.39, 0.29) is 46.2 Å². The molecule has 1 saturated heterocycles. The second-order valence-corrected chi connectivity index (χ2v) is 6.91. The van der Waals surface area contributed by atoms with Crippen LogP contribution in [0.3, 0.4) is 0 Å². The van der Waals surface area contributed by atoms with Crippen LogP contribution in [0.1, 0.15) is 11.6 Å². The van der Waals surface area contributed by atoms with E-state index in [1.54, 1.807) is 0 Å². The number of halogens is 3. The van der Waals surface area contributed by atoms with E-state index < -0.39 is 17.2 Å². The molecule has 3 heterocycles. The molecule has 0 amide bonds. The van der Waals surface area contributed by atoms with E-state index in [2.05, 4.69) is 15.4 Å². The van der Waals surface area contributed by atoms with E-state index in [1.807, 2.05) is 0 Å². The van der Waals surface area contributed by atoms with Crippen molar-refractivity contribution in [2.75, 3.05) is 13.2 Å². The summed E-state index contributed by atoms with van der Waals surface area (Å²) in [5, 5.41) is 12.2. The average molecular weight is 380 g/mol. The zero-order valence-electron chi connectivity index (χ0n) is 13.3. The molecule has 1 aliphatic heterocycles. The molecule has 2 fully saturated rings. The predicted octanol–water partition coefficient (Wildman–Crippen LogP) is 1.79. The van der Waals surface area contributed by atoms with E-state index in [0.29, 0.717) is 13.2 Å². The molecule has 3 atom stereocenters. The molecule has 0 radical (unpaired) electrons. The van der Waals surface area contributed by atoms with Crippen molar-refractivity contribution in [1.82, 2.24) is 24.8 Å². The van der Waals surface area contributed by atoms with Gasteiger partial charge >= 0.3 is 0 Å². The minimum absolute atomic E-state index is 0.0299. The maximum absolute atomic E-state index is 13.9. The second-order valence-electron chi connectivity index (χ2n) is 6.55. The minimum atomic E-state index is -0.975. The van der Waals surface area contributed by atoms with Crippen molar-refractivity contribution in [2.24, 2.45) is 11.8 Å². The maximum atomic E-state index is 13.9. The molecule has 26 heavy (non-hydrogen) atoms. The molecule has 0 N–H and O–H groups in total. The summed E-state index contributed by atoms with van der Waals surface area (Å²) in [6, 6.07) is 3.82. The number of benzene rings is 1. The lowest BCUT2D eigenvalue weighted by atomic mass is 10.2. The van der Waals surface area contributed by atoms with E-state index in [1.165, 1.54) is 21.5 Å². The van der Waals surface area contributed by atoms with Crippen molar-refractivity contribution in [2.45, 2.75) is 12.6 Å². The summed E-state index contributed by atoms with van der Waals surface area (Å²) in [7, 11) is 0. The van der Waals surface area contributed by atoms with Crippen molar-refractivity contribution in [3.63, 3.8) is 0 Å². The Hall–Kier alpha value is -2.39. The average Bonchev–Trinajstić information content (AvgIpc) is 2.96. The molecule has 1 aliphatic carbocycles. The second kappa shape index (κ2) is 5.55. The first-order valence-electron chi connectivity index (χ1n) is 8.08. The van der Waals surface area contributed by atoms with Gasteiger partial charge in [-0.25, -0.2) is 18.1 Å². The molecular weight excluding hydrogens is 368 g/mol. The largest absolute Gasteiger partial charge is 0.381 e. The Balaban J connectivity index is 1.56. The monoisotopic (exact) mass is 379 g/mol. The fourth-order valence-corrected chi connectivity index (χ4v) is 3.84. The first kappa shape index (κ1) is 15.8. The minimum Gasteiger partial charge on any atom is -0.381 e. The van der Waals surface area contributed by atoms with Gasteiger partial charge in [0, 0.05) is 17.4 Å². The lowest BCUT2D eigenvalue weighted by Gasteiger charge is -2.05. The van der Waals surface area contributed by atoms with Gasteiger partial charge in [-0.05, 0) is 6.07 Å². The van der Waals surface area contributed by atoms with E-state index >= 15 is 0 Å². The van der Waals surface area contributed by atoms with Gasteiger partial charge in [0.25, 0.3) is 5.56 Å². The van der Waals surface area contributed by atoms with Crippen molar-refractivity contribution >= 4 is 22.6 Å². The van der Waals surface area contributed by atoms with Gasteiger partial charge in [-0.1, -0.05) is 28.9 Å². The molecule has 1 unspecified atom stereocenters. The first-order chi connectivity index (χ1) is 12.6. The van der Waals surface area contributed by atoms with Crippen molar-refractivity contribution in [1.29, 1.82) is 0 Å². The highest BCUT2D eigenvalue weighted by molar-refractivity contribution is 6.33. The Morgan fingerprint density at radius 1 is 1.23 bits per heavy atom. The fraction of sp³-hybridized carbons (Fsp3) is 0.375. The number of rotatable bonds is 3. The lowest BCUT2D eigenvalue weighted by Crippen LogP contribution is -2.26. The molecule has 2 aliphatic rings. The van der Waals surface area contributed by atoms with Crippen molar-refractivity contribution < 1.29 is 13.5 Å². The normalized spacial score (nSPS) is 24.2. The Kier molecular flexibility index (Phi) is 3.38. The van der Waals surface area contributed by atoms with Crippen LogP contribution >= 0.6 is 11.6 Å². The molecule has 7 nitrogen and oxygen atoms in total. The van der Waals surface area contributed by atoms with E-state index in [0.717, 1.165) is 6.07 Å². The summed E-state index contributed by atoms with van der Waals surface area (Å²) in [4.78, 5) is 12.7. The van der Waals surface area contributed by atoms with Crippen LogP contribution in [-0.4, -0.2) is 38.0 Å². The van der Waals surface area contributed by atoms with E-state index in [9.17, 15) is 13.6 Å². The van der Waals surface area contributed by atoms with Gasteiger partial charge < -0.3 is 4.74 Å². The quantitative estimate of drug-likeness (QED) is 0.693. The zero-order chi connectivity index (χ0) is 18.0. The highest BCUT2D eigenvalue weighted by atomic mass is 35.5. The fourth-order valence-electron chi connectivity index (χ4n) is 3.61. The molecule has 1 aromatic carbocycles. The predicted molar refractivity (Wildman–Crippen MR) is 86.9 cm³/mol. The SMILES string of the molecule is O=c1c2nn(Cc3cccc(F)c3F)c(Cl)c2nnn1C1[C@H]2COC[C@@H]12. The molecular formula is C16H12ClF2N5O2. The number of hydrogen-bond donors (Lipinski definition) is 0. The number of aromatic nitrogens is 5. The van der Waals surface area contributed by atoms with Gasteiger partial charge in [-0.15, -0.1) is 5.10 Å². The summed E-state index contributed by atoms with van der Waals surface area (Å²) in [5.74, 6) is -1.38. The Morgan fingerprint density at radius 3 is 2.77 bits per heavy atom. The summed E-state index contributed by atoms with van der Waals surface area (Å²) in [6.07, 6.45) is 0. The molecule has 10 heteroatoms. The van der Waals surface area contributed by atoms with Crippen LogP contribution in [0.2, 0.25) is 5.15 Å². The van der Waals surface area contributed by atoms with Gasteiger partial charge in [-0.2, -0.15) is 5.10 Å². The molecule has 5 rings (SSSR count). The number of ether oxygens (including phenoxy) is 1. The van der Waals surface area contributed by atoms with Crippen molar-refractivity contribution in [3.05, 3.63) is 50.9 Å². The Labute approximate surface area is 150 Å². The first-order valence-corrected chi connectivity index (χ1v) is 8.46. The van der Waals surface area contributed by atoms with Crippen LogP contribution in [0.15, 0.2) is 23.0 Å². The van der Waals surface area contributed by atoms with Crippen molar-refractivity contribution in [3.8, 4) is 0 Å². The van der Waals surface area contributed by atoms with Crippen LogP contribution in [0.25, 0.3) is 11.0 Å². The highest BCUT2D eigenvalue weighted by Gasteiger charge is 2.56. The van der Waals surface area contributed by atoms with Gasteiger partial charge in [0.2, 0.25) is 0 Å². The van der Waals surface area contributed by atoms with Crippen LogP contribution in [0.5, 0.6) is 0 Å². The summed E-state index contributed by atoms with van der Waals surface area (Å²) < 4.78 is 35.2. The van der Waals surface area contributed by atoms with E-state index in [4.69, 9.17) is 16.3 Å². The third-order valence-corrected chi connectivity index (χ3v) is 5.43. The molecule has 3 aromatic rings. The van der Waals surface area contributed by atoms with Crippen LogP contribution < -0.4 is 5.56 Å². The number of nitrogens with zero attached hydrogens (tertiary/aromatic N) is 5. The van der Waals surface area contributed by atoms with Gasteiger partial charge in [0.05, 0.1) is 25.8 Å². The Bertz CT molecular complexity index is 1090. The highest BCUT2D eigenvalue weighted by Crippen LogP contribution is 2.53. The van der Waals surface area contributed by atoms with Gasteiger partial charge in [-0.3, -0.25) is 4.79 Å². The van der Waals surface area contributed by atoms with Gasteiger partial charge in [0.1, 0.15) is 0 Å². The van der Waals surface area contributed by atoms with Crippen LogP contribution in [0, 0.1) is 23.5 Å². The zero-order valence-corrected chi connectivity index (χ0v) is 14.0. The number of fused-ring (bicyclic) bond motifs is 2. The van der Waals surface area contributed by atoms with Gasteiger partial charge in [0.15, 0.2) is 27.8 Å². The summed E-state index contributed by atoms with van der Waals surface area (Å²) in [5.41, 5.74) is -0.115. The van der Waals surface area contributed by atoms with Crippen LogP contribution in [0.4, 0.5) is 8.78 Å². The van der Waals surface area contributed by atoms with Crippen LogP contribution in [-0.2, 0) is 11.3 Å². The lowest BCUT2D eigenvalue weighted by molar-refractivity contribution is 0.149. The molecule has 0 bridgehead atoms. The molecule has 134 valence electrons. The topological polar surface area (TPSA) is 74.8 Å². The maximum Gasteiger partial charge on any atom is 0.298 e. The third kappa shape index (κ3) is 2.20. The molecule has 1 saturated carbocycles. The number of hydrogen-bond acceptors (Lipinski definition) is 5. The third-order valence-electron chi connectivity index (χ3n) is 5.06. The molecule has 0 spiro atoms. The molecule has 2 aromatic heterocycles. The smallest absolute Gasteiger partial charge is 0.298 e. The standard InChI is InChI=1S/C16H12ClF2N5O2/c17-15-12-13(21-23(15)4-7-2-1-3-10(18)11(7)19)16(25)24(22-20-12)14-8-5-26-6-9(8)14/h1-3,8-9,14H,4-6H2/t8-,9+,14?. The summed E-state index contributed by atoms with van der Waals surface area (Å²) in [6.45, 7) is 1.09. The Morgan fingerprint density at radius 2 is 2.00 bits per heavy atom.